The fraction of sp³-hybridized carbons (Fsp3) is 0.0698. The second kappa shape index (κ2) is 31.3. The summed E-state index contributed by atoms with van der Waals surface area (Å²) in [6.45, 7) is 12.8. The van der Waals surface area contributed by atoms with Crippen molar-refractivity contribution in [3.05, 3.63) is 385 Å². The Hall–Kier alpha value is -10.4. The molecule has 86 heavy (non-hydrogen) atoms. The largest absolute Gasteiger partial charge is 0.0622 e. The summed E-state index contributed by atoms with van der Waals surface area (Å²) < 4.78 is 0. The summed E-state index contributed by atoms with van der Waals surface area (Å²) >= 11 is 0. The van der Waals surface area contributed by atoms with Crippen LogP contribution < -0.4 is 0 Å². The predicted molar refractivity (Wildman–Crippen MR) is 375 cm³/mol. The minimum absolute atomic E-state index is 1.26. The van der Waals surface area contributed by atoms with Crippen LogP contribution in [-0.2, 0) is 0 Å². The van der Waals surface area contributed by atoms with Crippen LogP contribution in [0.15, 0.2) is 352 Å². The molecule has 14 rings (SSSR count). The molecule has 0 aromatic heterocycles. The normalized spacial score (nSPS) is 10.2. The molecule has 0 radical (unpaired) electrons. The van der Waals surface area contributed by atoms with Gasteiger partial charge in [-0.2, -0.15) is 0 Å². The van der Waals surface area contributed by atoms with Crippen LogP contribution in [0.5, 0.6) is 0 Å². The van der Waals surface area contributed by atoms with Gasteiger partial charge in [-0.1, -0.05) is 368 Å². The van der Waals surface area contributed by atoms with Gasteiger partial charge in [0.2, 0.25) is 0 Å². The van der Waals surface area contributed by atoms with Crippen molar-refractivity contribution in [3.8, 4) is 66.8 Å². The molecule has 0 heterocycles. The Morgan fingerprint density at radius 1 is 0.151 bits per heavy atom. The number of hydrogen-bond acceptors (Lipinski definition) is 0. The zero-order valence-electron chi connectivity index (χ0n) is 50.5. The first kappa shape index (κ1) is 60.2. The zero-order chi connectivity index (χ0) is 59.7. The van der Waals surface area contributed by atoms with Crippen molar-refractivity contribution < 1.29 is 0 Å². The Morgan fingerprint density at radius 2 is 0.465 bits per heavy atom. The van der Waals surface area contributed by atoms with Gasteiger partial charge >= 0.3 is 0 Å². The molecule has 0 unspecified atom stereocenters. The van der Waals surface area contributed by atoms with Gasteiger partial charge in [0.1, 0.15) is 0 Å². The van der Waals surface area contributed by atoms with Gasteiger partial charge in [-0.3, -0.25) is 0 Å². The van der Waals surface area contributed by atoms with E-state index in [-0.39, 0.29) is 0 Å². The quantitative estimate of drug-likeness (QED) is 0.156. The molecule has 14 aromatic carbocycles. The van der Waals surface area contributed by atoms with E-state index in [1.165, 1.54) is 122 Å². The smallest absolute Gasteiger partial charge is 0.0155 e. The summed E-state index contributed by atoms with van der Waals surface area (Å²) in [6, 6.07) is 123. The Balaban J connectivity index is 0.000000125. The van der Waals surface area contributed by atoms with E-state index in [0.29, 0.717) is 0 Å². The molecule has 0 spiro atoms. The minimum atomic E-state index is 1.26. The lowest BCUT2D eigenvalue weighted by Gasteiger charge is -2.06. The topological polar surface area (TPSA) is 0 Å². The molecular formula is C86H76. The highest BCUT2D eigenvalue weighted by molar-refractivity contribution is 5.85. The van der Waals surface area contributed by atoms with Gasteiger partial charge in [-0.25, -0.2) is 0 Å². The lowest BCUT2D eigenvalue weighted by Crippen LogP contribution is -1.82. The van der Waals surface area contributed by atoms with E-state index in [1.54, 1.807) is 0 Å². The molecule has 0 N–H and O–H groups in total. The van der Waals surface area contributed by atoms with E-state index < -0.39 is 0 Å². The standard InChI is InChI=1S/2C19H16.2C13H12.2C11H10/c1-15-7-5-10-17(13-15)19-12-6-11-18(14-19)16-8-3-2-4-9-16;1-15-7-9-17(10-8-15)19-13-11-18(12-14-19)16-5-3-2-4-6-16;1-11-7-5-6-10-13(11)12-8-3-2-4-9-12;1-11-6-5-9-13(10-11)12-7-3-2-4-8-12;1-9-5-4-7-10-6-2-3-8-11(9)10;1-9-6-7-10-4-2-3-5-11(10)8-9/h2*2-14H,1H3;2*2-10H,1H3;2*2-8H,1H3. The van der Waals surface area contributed by atoms with E-state index in [4.69, 9.17) is 0 Å². The minimum Gasteiger partial charge on any atom is -0.0622 e. The molecule has 0 aliphatic rings. The van der Waals surface area contributed by atoms with Crippen molar-refractivity contribution in [1.29, 1.82) is 0 Å². The zero-order valence-corrected chi connectivity index (χ0v) is 50.5. The van der Waals surface area contributed by atoms with Crippen LogP contribution in [0.1, 0.15) is 33.4 Å². The van der Waals surface area contributed by atoms with Crippen LogP contribution in [0.3, 0.4) is 0 Å². The molecule has 14 aromatic rings. The lowest BCUT2D eigenvalue weighted by atomic mass is 9.98. The number of fused-ring (bicyclic) bond motifs is 2. The van der Waals surface area contributed by atoms with Crippen LogP contribution in [0.25, 0.3) is 88.3 Å². The van der Waals surface area contributed by atoms with Gasteiger partial charge in [-0.15, -0.1) is 0 Å². The maximum atomic E-state index is 2.25. The van der Waals surface area contributed by atoms with Crippen molar-refractivity contribution >= 4 is 21.5 Å². The van der Waals surface area contributed by atoms with Crippen molar-refractivity contribution in [2.24, 2.45) is 0 Å². The molecule has 0 bridgehead atoms. The van der Waals surface area contributed by atoms with E-state index >= 15 is 0 Å². The highest BCUT2D eigenvalue weighted by Crippen LogP contribution is 2.29. The highest BCUT2D eigenvalue weighted by atomic mass is 14.1. The molecule has 0 fully saturated rings. The van der Waals surface area contributed by atoms with Gasteiger partial charge in [-0.05, 0) is 147 Å². The summed E-state index contributed by atoms with van der Waals surface area (Å²) in [7, 11) is 0. The predicted octanol–water partition coefficient (Wildman–Crippen LogP) is 24.3. The lowest BCUT2D eigenvalue weighted by molar-refractivity contribution is 1.46. The van der Waals surface area contributed by atoms with Crippen molar-refractivity contribution in [2.75, 3.05) is 0 Å². The molecule has 0 aliphatic carbocycles. The van der Waals surface area contributed by atoms with E-state index in [0.717, 1.165) is 0 Å². The van der Waals surface area contributed by atoms with Crippen LogP contribution in [-0.4, -0.2) is 0 Å². The molecule has 0 aliphatic heterocycles. The van der Waals surface area contributed by atoms with E-state index in [2.05, 4.69) is 369 Å². The number of rotatable bonds is 6. The molecule has 0 amide bonds. The van der Waals surface area contributed by atoms with Crippen LogP contribution in [0.4, 0.5) is 0 Å². The van der Waals surface area contributed by atoms with Crippen molar-refractivity contribution in [3.63, 3.8) is 0 Å². The monoisotopic (exact) mass is 1110 g/mol. The third kappa shape index (κ3) is 17.8. The second-order valence-electron chi connectivity index (χ2n) is 21.7. The van der Waals surface area contributed by atoms with E-state index in [1.807, 2.05) is 24.3 Å². The van der Waals surface area contributed by atoms with Crippen molar-refractivity contribution in [2.45, 2.75) is 41.5 Å². The average molecular weight is 1110 g/mol. The molecular weight excluding hydrogens is 1030 g/mol. The van der Waals surface area contributed by atoms with Crippen LogP contribution >= 0.6 is 0 Å². The maximum Gasteiger partial charge on any atom is -0.0155 e. The SMILES string of the molecule is Cc1ccc(-c2ccc(-c3ccccc3)cc2)cc1.Cc1ccc2ccccc2c1.Cc1cccc(-c2cccc(-c3ccccc3)c2)c1.Cc1cccc(-c2ccccc2)c1.Cc1cccc2ccccc12.Cc1ccccc1-c1ccccc1. The van der Waals surface area contributed by atoms with Crippen LogP contribution in [0, 0.1) is 41.5 Å². The fourth-order valence-electron chi connectivity index (χ4n) is 10.2. The summed E-state index contributed by atoms with van der Waals surface area (Å²) in [5.41, 5.74) is 23.2. The van der Waals surface area contributed by atoms with Gasteiger partial charge in [0.15, 0.2) is 0 Å². The molecule has 0 nitrogen and oxygen atoms in total. The highest BCUT2D eigenvalue weighted by Gasteiger charge is 2.04. The Bertz CT molecular complexity index is 4280. The Labute approximate surface area is 512 Å². The van der Waals surface area contributed by atoms with Gasteiger partial charge < -0.3 is 0 Å². The third-order valence-corrected chi connectivity index (χ3v) is 15.0. The van der Waals surface area contributed by atoms with E-state index in [9.17, 15) is 0 Å². The van der Waals surface area contributed by atoms with Crippen LogP contribution in [0.2, 0.25) is 0 Å². The summed E-state index contributed by atoms with van der Waals surface area (Å²) in [6.07, 6.45) is 0. The Morgan fingerprint density at radius 3 is 0.977 bits per heavy atom. The van der Waals surface area contributed by atoms with Gasteiger partial charge in [0.05, 0.1) is 0 Å². The number of hydrogen-bond donors (Lipinski definition) is 0. The molecule has 0 heteroatoms. The van der Waals surface area contributed by atoms with Gasteiger partial charge in [0, 0.05) is 0 Å². The summed E-state index contributed by atoms with van der Waals surface area (Å²) in [4.78, 5) is 0. The fourth-order valence-corrected chi connectivity index (χ4v) is 10.2. The van der Waals surface area contributed by atoms with Crippen molar-refractivity contribution in [1.82, 2.24) is 0 Å². The molecule has 0 saturated carbocycles. The third-order valence-electron chi connectivity index (χ3n) is 15.0. The summed E-state index contributed by atoms with van der Waals surface area (Å²) in [5.74, 6) is 0. The second-order valence-corrected chi connectivity index (χ2v) is 21.7. The molecule has 0 saturated heterocycles. The summed E-state index contributed by atoms with van der Waals surface area (Å²) in [5, 5.41) is 5.33. The maximum absolute atomic E-state index is 2.25. The first-order chi connectivity index (χ1) is 42.1. The molecule has 420 valence electrons. The number of aryl methyl sites for hydroxylation is 6. The Kier molecular flexibility index (Phi) is 21.9. The average Bonchev–Trinajstić information content (AvgIpc) is 3.73. The molecule has 0 atom stereocenters. The van der Waals surface area contributed by atoms with Gasteiger partial charge in [0.25, 0.3) is 0 Å². The first-order valence-electron chi connectivity index (χ1n) is 29.7. The number of benzene rings is 14. The first-order valence-corrected chi connectivity index (χ1v) is 29.7.